The van der Waals surface area contributed by atoms with Gasteiger partial charge in [-0.2, -0.15) is 0 Å². The largest absolute Gasteiger partial charge is 0.465 e. The minimum absolute atomic E-state index is 0.124. The van der Waals surface area contributed by atoms with Gasteiger partial charge < -0.3 is 9.64 Å². The molecule has 6 heteroatoms. The van der Waals surface area contributed by atoms with Gasteiger partial charge in [0.2, 0.25) is 5.96 Å². The summed E-state index contributed by atoms with van der Waals surface area (Å²) >= 11 is 0. The van der Waals surface area contributed by atoms with Crippen molar-refractivity contribution >= 4 is 29.1 Å². The fourth-order valence-electron chi connectivity index (χ4n) is 5.35. The molecule has 0 N–H and O–H groups in total. The van der Waals surface area contributed by atoms with Gasteiger partial charge in [0.1, 0.15) is 0 Å². The molecule has 1 unspecified atom stereocenters. The Morgan fingerprint density at radius 3 is 2.59 bits per heavy atom. The third-order valence-corrected chi connectivity index (χ3v) is 6.92. The number of aliphatic imine (C=N–C) groups is 1. The molecule has 0 spiro atoms. The molecule has 0 saturated carbocycles. The molecule has 2 aromatic rings. The number of hydrogen-bond acceptors (Lipinski definition) is 6. The Morgan fingerprint density at radius 2 is 1.88 bits per heavy atom. The topological polar surface area (TPSA) is 62.2 Å². The van der Waals surface area contributed by atoms with Crippen LogP contribution in [0, 0.1) is 5.41 Å². The van der Waals surface area contributed by atoms with Crippen LogP contribution in [0.2, 0.25) is 0 Å². The van der Waals surface area contributed by atoms with Crippen molar-refractivity contribution in [1.82, 2.24) is 0 Å². The van der Waals surface area contributed by atoms with E-state index in [1.54, 1.807) is 0 Å². The van der Waals surface area contributed by atoms with Gasteiger partial charge in [-0.25, -0.2) is 9.79 Å². The molecule has 0 aromatic heterocycles. The summed E-state index contributed by atoms with van der Waals surface area (Å²) < 4.78 is 5.00. The summed E-state index contributed by atoms with van der Waals surface area (Å²) in [5.74, 6) is 0.612. The number of ether oxygens (including phenoxy) is 1. The van der Waals surface area contributed by atoms with Crippen molar-refractivity contribution in [3.63, 3.8) is 0 Å². The van der Waals surface area contributed by atoms with E-state index in [0.29, 0.717) is 12.0 Å². The number of allylic oxidation sites excluding steroid dienone is 1. The van der Waals surface area contributed by atoms with Gasteiger partial charge in [0.25, 0.3) is 0 Å². The number of guanidine groups is 1. The van der Waals surface area contributed by atoms with Gasteiger partial charge in [0.05, 0.1) is 35.8 Å². The SMILES string of the molecule is CCCCN1C2=NC3=C(C(=O)CC(C)(C)C3)C(c3ccccc3)N2c2cc(C(=O)OC)ccc21. The van der Waals surface area contributed by atoms with E-state index in [9.17, 15) is 9.59 Å². The average molecular weight is 458 g/mol. The summed E-state index contributed by atoms with van der Waals surface area (Å²) in [5.41, 5.74) is 4.97. The molecule has 0 fully saturated rings. The number of unbranched alkanes of at least 4 members (excludes halogenated alkanes) is 1. The van der Waals surface area contributed by atoms with E-state index in [1.165, 1.54) is 7.11 Å². The van der Waals surface area contributed by atoms with Crippen molar-refractivity contribution in [3.8, 4) is 0 Å². The number of ketones is 1. The van der Waals surface area contributed by atoms with E-state index in [4.69, 9.17) is 9.73 Å². The third kappa shape index (κ3) is 3.61. The lowest BCUT2D eigenvalue weighted by molar-refractivity contribution is -0.118. The van der Waals surface area contributed by atoms with Crippen LogP contribution in [0.5, 0.6) is 0 Å². The number of methoxy groups -OCH3 is 1. The maximum absolute atomic E-state index is 13.6. The Hall–Kier alpha value is -3.41. The fraction of sp³-hybridized carbons (Fsp3) is 0.393. The number of carbonyl (C=O) groups is 2. The van der Waals surface area contributed by atoms with Gasteiger partial charge in [0.15, 0.2) is 5.78 Å². The van der Waals surface area contributed by atoms with Crippen molar-refractivity contribution in [2.45, 2.75) is 52.5 Å². The zero-order chi connectivity index (χ0) is 24.0. The molecular formula is C28H31N3O3. The summed E-state index contributed by atoms with van der Waals surface area (Å²) in [4.78, 5) is 35.5. The van der Waals surface area contributed by atoms with Gasteiger partial charge in [-0.05, 0) is 42.0 Å². The van der Waals surface area contributed by atoms with Crippen molar-refractivity contribution in [3.05, 3.63) is 70.9 Å². The lowest BCUT2D eigenvalue weighted by atomic mass is 9.73. The number of rotatable bonds is 5. The number of esters is 1. The molecule has 1 aliphatic carbocycles. The highest BCUT2D eigenvalue weighted by Gasteiger charge is 2.47. The number of anilines is 2. The molecule has 2 heterocycles. The maximum Gasteiger partial charge on any atom is 0.337 e. The molecule has 1 atom stereocenters. The standard InChI is InChI=1S/C28H31N3O3/c1-5-6-14-30-21-13-12-19(26(33)34-4)15-22(21)31-25(18-10-8-7-9-11-18)24-20(29-27(30)31)16-28(2,3)17-23(24)32/h7-13,15,25H,5-6,14,16-17H2,1-4H3. The maximum atomic E-state index is 13.6. The molecule has 0 bridgehead atoms. The minimum atomic E-state index is -0.378. The highest BCUT2D eigenvalue weighted by Crippen LogP contribution is 2.51. The van der Waals surface area contributed by atoms with Gasteiger partial charge in [-0.3, -0.25) is 9.69 Å². The second kappa shape index (κ2) is 8.42. The molecule has 176 valence electrons. The smallest absolute Gasteiger partial charge is 0.337 e. The minimum Gasteiger partial charge on any atom is -0.465 e. The zero-order valence-corrected chi connectivity index (χ0v) is 20.3. The van der Waals surface area contributed by atoms with Crippen molar-refractivity contribution in [1.29, 1.82) is 0 Å². The van der Waals surface area contributed by atoms with Crippen LogP contribution in [0.1, 0.15) is 68.4 Å². The lowest BCUT2D eigenvalue weighted by Gasteiger charge is -2.41. The predicted octanol–water partition coefficient (Wildman–Crippen LogP) is 5.65. The van der Waals surface area contributed by atoms with Gasteiger partial charge >= 0.3 is 5.97 Å². The molecule has 0 radical (unpaired) electrons. The second-order valence-corrected chi connectivity index (χ2v) is 10.1. The summed E-state index contributed by atoms with van der Waals surface area (Å²) in [6, 6.07) is 15.5. The number of Topliss-reactive ketones (excluding diaryl/α,β-unsaturated/α-hetero) is 1. The third-order valence-electron chi connectivity index (χ3n) is 6.92. The first-order valence-electron chi connectivity index (χ1n) is 12.0. The Bertz CT molecular complexity index is 1210. The molecule has 5 rings (SSSR count). The predicted molar refractivity (Wildman–Crippen MR) is 134 cm³/mol. The monoisotopic (exact) mass is 457 g/mol. The number of hydrogen-bond donors (Lipinski definition) is 0. The van der Waals surface area contributed by atoms with Crippen LogP contribution >= 0.6 is 0 Å². The first kappa shape index (κ1) is 22.4. The number of nitrogens with zero attached hydrogens (tertiary/aromatic N) is 3. The Balaban J connectivity index is 1.74. The van der Waals surface area contributed by atoms with Gasteiger partial charge in [-0.15, -0.1) is 0 Å². The average Bonchev–Trinajstić information content (AvgIpc) is 3.12. The first-order chi connectivity index (χ1) is 16.3. The van der Waals surface area contributed by atoms with Crippen molar-refractivity contribution in [2.24, 2.45) is 10.4 Å². The van der Waals surface area contributed by atoms with Gasteiger partial charge in [0, 0.05) is 18.5 Å². The molecular weight excluding hydrogens is 426 g/mol. The summed E-state index contributed by atoms with van der Waals surface area (Å²) in [5, 5.41) is 0. The summed E-state index contributed by atoms with van der Waals surface area (Å²) in [7, 11) is 1.39. The highest BCUT2D eigenvalue weighted by molar-refractivity contribution is 6.20. The highest BCUT2D eigenvalue weighted by atomic mass is 16.5. The normalized spacial score (nSPS) is 20.5. The van der Waals surface area contributed by atoms with Crippen LogP contribution < -0.4 is 9.80 Å². The second-order valence-electron chi connectivity index (χ2n) is 10.1. The molecule has 6 nitrogen and oxygen atoms in total. The van der Waals surface area contributed by atoms with Crippen LogP contribution in [-0.2, 0) is 9.53 Å². The van der Waals surface area contributed by atoms with E-state index >= 15 is 0 Å². The Kier molecular flexibility index (Phi) is 5.54. The van der Waals surface area contributed by atoms with Crippen LogP contribution in [0.3, 0.4) is 0 Å². The zero-order valence-electron chi connectivity index (χ0n) is 20.3. The van der Waals surface area contributed by atoms with Crippen molar-refractivity contribution < 1.29 is 14.3 Å². The van der Waals surface area contributed by atoms with E-state index in [0.717, 1.165) is 60.0 Å². The molecule has 0 amide bonds. The van der Waals surface area contributed by atoms with E-state index in [2.05, 4.69) is 42.7 Å². The first-order valence-corrected chi connectivity index (χ1v) is 12.0. The van der Waals surface area contributed by atoms with E-state index in [-0.39, 0.29) is 23.2 Å². The Labute approximate surface area is 200 Å². The molecule has 2 aliphatic heterocycles. The van der Waals surface area contributed by atoms with Gasteiger partial charge in [-0.1, -0.05) is 57.5 Å². The Morgan fingerprint density at radius 1 is 1.12 bits per heavy atom. The van der Waals surface area contributed by atoms with Crippen molar-refractivity contribution in [2.75, 3.05) is 23.5 Å². The molecule has 2 aromatic carbocycles. The number of benzene rings is 2. The summed E-state index contributed by atoms with van der Waals surface area (Å²) in [6.07, 6.45) is 3.33. The van der Waals surface area contributed by atoms with Crippen LogP contribution in [0.25, 0.3) is 0 Å². The quantitative estimate of drug-likeness (QED) is 0.543. The molecule has 34 heavy (non-hydrogen) atoms. The van der Waals surface area contributed by atoms with Crippen LogP contribution in [0.4, 0.5) is 11.4 Å². The van der Waals surface area contributed by atoms with E-state index < -0.39 is 0 Å². The molecule has 0 saturated heterocycles. The fourth-order valence-corrected chi connectivity index (χ4v) is 5.35. The van der Waals surface area contributed by atoms with Crippen LogP contribution in [-0.4, -0.2) is 31.4 Å². The number of carbonyl (C=O) groups excluding carboxylic acids is 2. The number of fused-ring (bicyclic) bond motifs is 3. The molecule has 3 aliphatic rings. The lowest BCUT2D eigenvalue weighted by Crippen LogP contribution is -2.46. The van der Waals surface area contributed by atoms with Crippen LogP contribution in [0.15, 0.2) is 64.8 Å². The van der Waals surface area contributed by atoms with E-state index in [1.807, 2.05) is 36.4 Å². The summed E-state index contributed by atoms with van der Waals surface area (Å²) in [6.45, 7) is 7.27.